The molecule has 16 heavy (non-hydrogen) atoms. The van der Waals surface area contributed by atoms with Crippen LogP contribution in [-0.4, -0.2) is 25.9 Å². The first kappa shape index (κ1) is 11.1. The molecule has 4 heteroatoms. The van der Waals surface area contributed by atoms with Gasteiger partial charge in [-0.1, -0.05) is 0 Å². The van der Waals surface area contributed by atoms with E-state index in [0.717, 1.165) is 18.5 Å². The van der Waals surface area contributed by atoms with Crippen molar-refractivity contribution in [1.82, 2.24) is 5.32 Å². The molecule has 88 valence electrons. The molecule has 1 atom stereocenters. The number of ether oxygens (including phenoxy) is 2. The molecule has 1 saturated heterocycles. The molecule has 1 aromatic carbocycles. The summed E-state index contributed by atoms with van der Waals surface area (Å²) in [6.07, 6.45) is 2.26. The Kier molecular flexibility index (Phi) is 3.19. The first-order chi connectivity index (χ1) is 7.76. The van der Waals surface area contributed by atoms with E-state index in [1.165, 1.54) is 13.5 Å². The van der Waals surface area contributed by atoms with Gasteiger partial charge in [0.15, 0.2) is 11.5 Å². The van der Waals surface area contributed by atoms with E-state index in [2.05, 4.69) is 5.32 Å². The molecule has 0 aliphatic carbocycles. The minimum Gasteiger partial charge on any atom is -0.504 e. The maximum Gasteiger partial charge on any atom is 0.203 e. The smallest absolute Gasteiger partial charge is 0.203 e. The van der Waals surface area contributed by atoms with Crippen molar-refractivity contribution >= 4 is 0 Å². The van der Waals surface area contributed by atoms with Crippen LogP contribution < -0.4 is 14.8 Å². The number of phenolic OH excluding ortho intramolecular Hbond substituents is 1. The molecule has 0 aromatic heterocycles. The second-order valence-corrected chi connectivity index (χ2v) is 3.92. The Hall–Kier alpha value is -1.42. The first-order valence-corrected chi connectivity index (χ1v) is 5.44. The Balaban J connectivity index is 2.36. The van der Waals surface area contributed by atoms with Gasteiger partial charge in [0, 0.05) is 6.04 Å². The Morgan fingerprint density at radius 3 is 2.69 bits per heavy atom. The summed E-state index contributed by atoms with van der Waals surface area (Å²) >= 11 is 0. The zero-order valence-electron chi connectivity index (χ0n) is 9.62. The van der Waals surface area contributed by atoms with Gasteiger partial charge in [-0.3, -0.25) is 0 Å². The summed E-state index contributed by atoms with van der Waals surface area (Å²) in [6, 6.07) is 3.97. The molecule has 1 aliphatic rings. The molecule has 1 aliphatic heterocycles. The van der Waals surface area contributed by atoms with Crippen LogP contribution in [0, 0.1) is 0 Å². The van der Waals surface area contributed by atoms with E-state index in [0.29, 0.717) is 17.5 Å². The monoisotopic (exact) mass is 223 g/mol. The van der Waals surface area contributed by atoms with Gasteiger partial charge in [0.2, 0.25) is 5.75 Å². The summed E-state index contributed by atoms with van der Waals surface area (Å²) in [5.74, 6) is 1.10. The quantitative estimate of drug-likeness (QED) is 0.821. The lowest BCUT2D eigenvalue weighted by atomic mass is 10.0. The highest BCUT2D eigenvalue weighted by Gasteiger charge is 2.20. The van der Waals surface area contributed by atoms with E-state index in [1.54, 1.807) is 13.2 Å². The number of nitrogens with one attached hydrogen (secondary N) is 1. The number of benzene rings is 1. The van der Waals surface area contributed by atoms with Crippen LogP contribution in [0.5, 0.6) is 17.2 Å². The van der Waals surface area contributed by atoms with Crippen molar-refractivity contribution < 1.29 is 14.6 Å². The van der Waals surface area contributed by atoms with Crippen molar-refractivity contribution in [3.05, 3.63) is 17.7 Å². The Bertz CT molecular complexity index is 373. The Morgan fingerprint density at radius 1 is 1.31 bits per heavy atom. The topological polar surface area (TPSA) is 50.7 Å². The molecule has 0 bridgehead atoms. The van der Waals surface area contributed by atoms with Crippen LogP contribution >= 0.6 is 0 Å². The summed E-state index contributed by atoms with van der Waals surface area (Å²) in [4.78, 5) is 0. The molecule has 1 unspecified atom stereocenters. The van der Waals surface area contributed by atoms with Crippen molar-refractivity contribution in [2.45, 2.75) is 18.9 Å². The normalized spacial score (nSPS) is 19.8. The fraction of sp³-hybridized carbons (Fsp3) is 0.500. The fourth-order valence-corrected chi connectivity index (χ4v) is 2.14. The van der Waals surface area contributed by atoms with Crippen molar-refractivity contribution in [2.75, 3.05) is 20.8 Å². The van der Waals surface area contributed by atoms with Crippen molar-refractivity contribution in [2.24, 2.45) is 0 Å². The van der Waals surface area contributed by atoms with Gasteiger partial charge in [0.05, 0.1) is 14.2 Å². The van der Waals surface area contributed by atoms with Gasteiger partial charge >= 0.3 is 0 Å². The molecule has 2 N–H and O–H groups in total. The lowest BCUT2D eigenvalue weighted by Crippen LogP contribution is -2.12. The van der Waals surface area contributed by atoms with Crippen molar-refractivity contribution in [3.8, 4) is 17.2 Å². The average molecular weight is 223 g/mol. The molecule has 1 heterocycles. The maximum absolute atomic E-state index is 9.83. The second kappa shape index (κ2) is 4.61. The largest absolute Gasteiger partial charge is 0.504 e. The third kappa shape index (κ3) is 1.93. The lowest BCUT2D eigenvalue weighted by molar-refractivity contribution is 0.332. The van der Waals surface area contributed by atoms with E-state index >= 15 is 0 Å². The summed E-state index contributed by atoms with van der Waals surface area (Å²) in [5.41, 5.74) is 1.05. The maximum atomic E-state index is 9.83. The minimum absolute atomic E-state index is 0.130. The van der Waals surface area contributed by atoms with Crippen LogP contribution in [-0.2, 0) is 0 Å². The molecule has 0 amide bonds. The van der Waals surface area contributed by atoms with E-state index in [4.69, 9.17) is 9.47 Å². The van der Waals surface area contributed by atoms with Crippen molar-refractivity contribution in [3.63, 3.8) is 0 Å². The molecule has 2 rings (SSSR count). The molecule has 1 fully saturated rings. The standard InChI is InChI=1S/C12H17NO3/c1-15-11-7-8(9-4-3-5-13-9)6-10(14)12(11)16-2/h6-7,9,13-14H,3-5H2,1-2H3. The summed E-state index contributed by atoms with van der Waals surface area (Å²) < 4.78 is 10.3. The number of hydrogen-bond acceptors (Lipinski definition) is 4. The van der Waals surface area contributed by atoms with Crippen molar-refractivity contribution in [1.29, 1.82) is 0 Å². The van der Waals surface area contributed by atoms with Gasteiger partial charge in [0.1, 0.15) is 0 Å². The van der Waals surface area contributed by atoms with Gasteiger partial charge in [-0.25, -0.2) is 0 Å². The predicted molar refractivity (Wildman–Crippen MR) is 61.2 cm³/mol. The predicted octanol–water partition coefficient (Wildman–Crippen LogP) is 1.83. The van der Waals surface area contributed by atoms with E-state index in [1.807, 2.05) is 6.07 Å². The molecule has 0 spiro atoms. The number of aromatic hydroxyl groups is 1. The number of rotatable bonds is 3. The number of hydrogen-bond donors (Lipinski definition) is 2. The molecule has 0 radical (unpaired) electrons. The molecule has 1 aromatic rings. The highest BCUT2D eigenvalue weighted by molar-refractivity contribution is 5.53. The highest BCUT2D eigenvalue weighted by atomic mass is 16.5. The molecular weight excluding hydrogens is 206 g/mol. The van der Waals surface area contributed by atoms with Crippen LogP contribution in [0.15, 0.2) is 12.1 Å². The highest BCUT2D eigenvalue weighted by Crippen LogP contribution is 2.40. The third-order valence-corrected chi connectivity index (χ3v) is 2.94. The third-order valence-electron chi connectivity index (χ3n) is 2.94. The summed E-state index contributed by atoms with van der Waals surface area (Å²) in [6.45, 7) is 1.03. The summed E-state index contributed by atoms with van der Waals surface area (Å²) in [5, 5.41) is 13.2. The zero-order chi connectivity index (χ0) is 11.5. The number of methoxy groups -OCH3 is 2. The summed E-state index contributed by atoms with van der Waals surface area (Å²) in [7, 11) is 3.09. The van der Waals surface area contributed by atoms with Crippen LogP contribution in [0.25, 0.3) is 0 Å². The second-order valence-electron chi connectivity index (χ2n) is 3.92. The minimum atomic E-state index is 0.130. The Labute approximate surface area is 95.2 Å². The van der Waals surface area contributed by atoms with E-state index < -0.39 is 0 Å². The zero-order valence-corrected chi connectivity index (χ0v) is 9.62. The van der Waals surface area contributed by atoms with Crippen LogP contribution in [0.1, 0.15) is 24.4 Å². The van der Waals surface area contributed by atoms with Gasteiger partial charge < -0.3 is 19.9 Å². The SMILES string of the molecule is COc1cc(C2CCCN2)cc(O)c1OC. The van der Waals surface area contributed by atoms with E-state index in [-0.39, 0.29) is 5.75 Å². The lowest BCUT2D eigenvalue weighted by Gasteiger charge is -2.15. The van der Waals surface area contributed by atoms with Gasteiger partial charge in [0.25, 0.3) is 0 Å². The fourth-order valence-electron chi connectivity index (χ4n) is 2.14. The first-order valence-electron chi connectivity index (χ1n) is 5.44. The molecule has 4 nitrogen and oxygen atoms in total. The van der Waals surface area contributed by atoms with E-state index in [9.17, 15) is 5.11 Å². The molecule has 0 saturated carbocycles. The van der Waals surface area contributed by atoms with Crippen LogP contribution in [0.4, 0.5) is 0 Å². The van der Waals surface area contributed by atoms with Gasteiger partial charge in [-0.05, 0) is 37.1 Å². The van der Waals surface area contributed by atoms with Gasteiger partial charge in [-0.2, -0.15) is 0 Å². The average Bonchev–Trinajstić information content (AvgIpc) is 2.81. The van der Waals surface area contributed by atoms with Crippen LogP contribution in [0.2, 0.25) is 0 Å². The van der Waals surface area contributed by atoms with Gasteiger partial charge in [-0.15, -0.1) is 0 Å². The molecular formula is C12H17NO3. The number of phenols is 1. The van der Waals surface area contributed by atoms with Crippen LogP contribution in [0.3, 0.4) is 0 Å². The Morgan fingerprint density at radius 2 is 2.12 bits per heavy atom.